The van der Waals surface area contributed by atoms with Gasteiger partial charge < -0.3 is 9.47 Å². The standard InChI is InChI=1S/C19H27N5/c1-14-21-17-8-4-3-7-16(17)19(22-14)24-10-5-6-15(13-24)12-18-20-9-11-23(18)2/h9,11,15H,3-8,10,12-13H2,1-2H3. The summed E-state index contributed by atoms with van der Waals surface area (Å²) in [6, 6.07) is 0. The number of imidazole rings is 1. The lowest BCUT2D eigenvalue weighted by atomic mass is 9.92. The molecule has 4 rings (SSSR count). The number of anilines is 1. The summed E-state index contributed by atoms with van der Waals surface area (Å²) in [5, 5.41) is 0. The van der Waals surface area contributed by atoms with Crippen molar-refractivity contribution in [2.24, 2.45) is 13.0 Å². The third-order valence-corrected chi connectivity index (χ3v) is 5.48. The Balaban J connectivity index is 1.56. The molecule has 1 saturated heterocycles. The molecule has 2 aromatic heterocycles. The van der Waals surface area contributed by atoms with E-state index in [9.17, 15) is 0 Å². The maximum Gasteiger partial charge on any atom is 0.135 e. The molecule has 5 heteroatoms. The van der Waals surface area contributed by atoms with Crippen molar-refractivity contribution < 1.29 is 0 Å². The zero-order chi connectivity index (χ0) is 16.5. The fraction of sp³-hybridized carbons (Fsp3) is 0.632. The zero-order valence-corrected chi connectivity index (χ0v) is 14.8. The van der Waals surface area contributed by atoms with E-state index in [1.54, 1.807) is 0 Å². The summed E-state index contributed by atoms with van der Waals surface area (Å²) in [4.78, 5) is 16.6. The van der Waals surface area contributed by atoms with Gasteiger partial charge in [0, 0.05) is 50.2 Å². The molecule has 0 saturated carbocycles. The third-order valence-electron chi connectivity index (χ3n) is 5.48. The molecule has 0 radical (unpaired) electrons. The lowest BCUT2D eigenvalue weighted by Gasteiger charge is -2.35. The van der Waals surface area contributed by atoms with Gasteiger partial charge in [-0.15, -0.1) is 0 Å². The summed E-state index contributed by atoms with van der Waals surface area (Å²) in [6.07, 6.45) is 12.3. The van der Waals surface area contributed by atoms with Crippen molar-refractivity contribution in [1.82, 2.24) is 19.5 Å². The van der Waals surface area contributed by atoms with Gasteiger partial charge >= 0.3 is 0 Å². The van der Waals surface area contributed by atoms with Gasteiger partial charge in [-0.05, 0) is 51.4 Å². The van der Waals surface area contributed by atoms with E-state index in [4.69, 9.17) is 9.97 Å². The summed E-state index contributed by atoms with van der Waals surface area (Å²) in [5.41, 5.74) is 2.72. The van der Waals surface area contributed by atoms with Crippen LogP contribution < -0.4 is 4.90 Å². The molecule has 24 heavy (non-hydrogen) atoms. The minimum absolute atomic E-state index is 0.661. The summed E-state index contributed by atoms with van der Waals surface area (Å²) >= 11 is 0. The van der Waals surface area contributed by atoms with Gasteiger partial charge in [-0.25, -0.2) is 15.0 Å². The average molecular weight is 325 g/mol. The molecule has 0 aromatic carbocycles. The lowest BCUT2D eigenvalue weighted by Crippen LogP contribution is -2.38. The molecule has 1 atom stereocenters. The highest BCUT2D eigenvalue weighted by Gasteiger charge is 2.26. The number of fused-ring (bicyclic) bond motifs is 1. The van der Waals surface area contributed by atoms with Crippen LogP contribution in [0.4, 0.5) is 5.82 Å². The lowest BCUT2D eigenvalue weighted by molar-refractivity contribution is 0.400. The van der Waals surface area contributed by atoms with E-state index in [0.717, 1.165) is 38.2 Å². The van der Waals surface area contributed by atoms with E-state index >= 15 is 0 Å². The van der Waals surface area contributed by atoms with Gasteiger partial charge in [0.15, 0.2) is 0 Å². The maximum atomic E-state index is 4.85. The van der Waals surface area contributed by atoms with Gasteiger partial charge in [-0.3, -0.25) is 0 Å². The molecule has 0 amide bonds. The summed E-state index contributed by atoms with van der Waals surface area (Å²) < 4.78 is 2.15. The number of aromatic nitrogens is 4. The second-order valence-electron chi connectivity index (χ2n) is 7.34. The Labute approximate surface area is 144 Å². The van der Waals surface area contributed by atoms with E-state index in [-0.39, 0.29) is 0 Å². The second-order valence-corrected chi connectivity index (χ2v) is 7.34. The van der Waals surface area contributed by atoms with E-state index < -0.39 is 0 Å². The summed E-state index contributed by atoms with van der Waals surface area (Å²) in [5.74, 6) is 4.01. The Hall–Kier alpha value is -1.91. The molecular formula is C19H27N5. The van der Waals surface area contributed by atoms with E-state index in [2.05, 4.69) is 21.5 Å². The minimum Gasteiger partial charge on any atom is -0.356 e. The van der Waals surface area contributed by atoms with Crippen LogP contribution in [0.3, 0.4) is 0 Å². The Kier molecular flexibility index (Phi) is 4.25. The highest BCUT2D eigenvalue weighted by atomic mass is 15.2. The van der Waals surface area contributed by atoms with E-state index in [1.807, 2.05) is 19.3 Å². The number of hydrogen-bond acceptors (Lipinski definition) is 4. The molecule has 1 aliphatic carbocycles. The molecule has 5 nitrogen and oxygen atoms in total. The zero-order valence-electron chi connectivity index (χ0n) is 14.8. The first kappa shape index (κ1) is 15.6. The predicted octanol–water partition coefficient (Wildman–Crippen LogP) is 2.86. The minimum atomic E-state index is 0.661. The molecule has 3 heterocycles. The molecule has 1 fully saturated rings. The molecule has 0 N–H and O–H groups in total. The van der Waals surface area contributed by atoms with Gasteiger partial charge in [0.05, 0.1) is 0 Å². The second kappa shape index (κ2) is 6.54. The molecule has 1 aliphatic heterocycles. The number of aryl methyl sites for hydroxylation is 3. The van der Waals surface area contributed by atoms with E-state index in [1.165, 1.54) is 48.6 Å². The number of hydrogen-bond donors (Lipinski definition) is 0. The van der Waals surface area contributed by atoms with Crippen molar-refractivity contribution in [3.05, 3.63) is 35.3 Å². The van der Waals surface area contributed by atoms with Crippen molar-refractivity contribution in [3.63, 3.8) is 0 Å². The monoisotopic (exact) mass is 325 g/mol. The third kappa shape index (κ3) is 3.04. The molecule has 2 aromatic rings. The van der Waals surface area contributed by atoms with Gasteiger partial charge in [0.1, 0.15) is 17.5 Å². The van der Waals surface area contributed by atoms with Gasteiger partial charge in [0.2, 0.25) is 0 Å². The highest BCUT2D eigenvalue weighted by Crippen LogP contribution is 2.31. The van der Waals surface area contributed by atoms with Crippen LogP contribution in [0, 0.1) is 12.8 Å². The first-order valence-corrected chi connectivity index (χ1v) is 9.28. The predicted molar refractivity (Wildman–Crippen MR) is 95.3 cm³/mol. The molecule has 2 aliphatic rings. The largest absolute Gasteiger partial charge is 0.356 e. The Morgan fingerprint density at radius 1 is 1.17 bits per heavy atom. The van der Waals surface area contributed by atoms with Crippen molar-refractivity contribution in [2.45, 2.75) is 51.9 Å². The number of piperidine rings is 1. The van der Waals surface area contributed by atoms with Gasteiger partial charge in [-0.2, -0.15) is 0 Å². The SMILES string of the molecule is Cc1nc2c(c(N3CCCC(Cc4nccn4C)C3)n1)CCCC2. The van der Waals surface area contributed by atoms with Crippen LogP contribution in [-0.4, -0.2) is 32.6 Å². The van der Waals surface area contributed by atoms with Crippen LogP contribution >= 0.6 is 0 Å². The van der Waals surface area contributed by atoms with Gasteiger partial charge in [-0.1, -0.05) is 0 Å². The van der Waals surface area contributed by atoms with Crippen molar-refractivity contribution in [1.29, 1.82) is 0 Å². The molecule has 0 bridgehead atoms. The molecular weight excluding hydrogens is 298 g/mol. The molecule has 0 spiro atoms. The Morgan fingerprint density at radius 3 is 2.88 bits per heavy atom. The Bertz CT molecular complexity index is 721. The summed E-state index contributed by atoms with van der Waals surface area (Å²) in [7, 11) is 2.09. The average Bonchev–Trinajstić information content (AvgIpc) is 2.99. The highest BCUT2D eigenvalue weighted by molar-refractivity contribution is 5.50. The fourth-order valence-electron chi connectivity index (χ4n) is 4.23. The van der Waals surface area contributed by atoms with Crippen molar-refractivity contribution >= 4 is 5.82 Å². The first-order chi connectivity index (χ1) is 11.7. The first-order valence-electron chi connectivity index (χ1n) is 9.28. The van der Waals surface area contributed by atoms with Crippen molar-refractivity contribution in [3.8, 4) is 0 Å². The number of nitrogens with zero attached hydrogens (tertiary/aromatic N) is 5. The normalized spacial score (nSPS) is 20.9. The number of rotatable bonds is 3. The Morgan fingerprint density at radius 2 is 2.04 bits per heavy atom. The van der Waals surface area contributed by atoms with Crippen LogP contribution in [-0.2, 0) is 26.3 Å². The van der Waals surface area contributed by atoms with Crippen LogP contribution in [0.25, 0.3) is 0 Å². The van der Waals surface area contributed by atoms with Crippen LogP contribution in [0.2, 0.25) is 0 Å². The van der Waals surface area contributed by atoms with Crippen LogP contribution in [0.15, 0.2) is 12.4 Å². The van der Waals surface area contributed by atoms with E-state index in [0.29, 0.717) is 5.92 Å². The summed E-state index contributed by atoms with van der Waals surface area (Å²) in [6.45, 7) is 4.25. The topological polar surface area (TPSA) is 46.8 Å². The molecule has 128 valence electrons. The maximum absolute atomic E-state index is 4.85. The molecule has 1 unspecified atom stereocenters. The van der Waals surface area contributed by atoms with Crippen LogP contribution in [0.1, 0.15) is 48.6 Å². The van der Waals surface area contributed by atoms with Crippen molar-refractivity contribution in [2.75, 3.05) is 18.0 Å². The smallest absolute Gasteiger partial charge is 0.135 e. The van der Waals surface area contributed by atoms with Gasteiger partial charge in [0.25, 0.3) is 0 Å². The quantitative estimate of drug-likeness (QED) is 0.870. The van der Waals surface area contributed by atoms with Crippen LogP contribution in [0.5, 0.6) is 0 Å². The fourth-order valence-corrected chi connectivity index (χ4v) is 4.23.